The van der Waals surface area contributed by atoms with Crippen molar-refractivity contribution >= 4 is 5.97 Å². The Balaban J connectivity index is 1.79. The Hall–Kier alpha value is -0.910. The van der Waals surface area contributed by atoms with Crippen molar-refractivity contribution in [2.45, 2.75) is 83.2 Å². The Morgan fingerprint density at radius 2 is 2.00 bits per heavy atom. The number of hydrogen-bond acceptors (Lipinski definition) is 5. The van der Waals surface area contributed by atoms with Crippen LogP contribution in [0.2, 0.25) is 0 Å². The second kappa shape index (κ2) is 5.33. The van der Waals surface area contributed by atoms with Gasteiger partial charge in [0.05, 0.1) is 12.5 Å². The van der Waals surface area contributed by atoms with Gasteiger partial charge in [0.1, 0.15) is 23.4 Å². The summed E-state index contributed by atoms with van der Waals surface area (Å²) in [5, 5.41) is 22.6. The molecular weight excluding hydrogens is 332 g/mol. The fourth-order valence-electron chi connectivity index (χ4n) is 6.85. The number of esters is 1. The first kappa shape index (κ1) is 18.5. The molecule has 26 heavy (non-hydrogen) atoms. The lowest BCUT2D eigenvalue weighted by Crippen LogP contribution is -2.61. The van der Waals surface area contributed by atoms with Crippen LogP contribution in [-0.4, -0.2) is 46.7 Å². The van der Waals surface area contributed by atoms with Gasteiger partial charge in [0.15, 0.2) is 0 Å². The minimum absolute atomic E-state index is 0.0974. The summed E-state index contributed by atoms with van der Waals surface area (Å²) in [5.41, 5.74) is -1.69. The zero-order valence-corrected chi connectivity index (χ0v) is 16.5. The van der Waals surface area contributed by atoms with Gasteiger partial charge < -0.3 is 19.7 Å². The van der Waals surface area contributed by atoms with Crippen LogP contribution in [0.15, 0.2) is 11.6 Å². The van der Waals surface area contributed by atoms with Gasteiger partial charge in [-0.25, -0.2) is 0 Å². The molecule has 4 aliphatic rings. The number of methoxy groups -OCH3 is 1. The molecule has 2 N–H and O–H groups in total. The van der Waals surface area contributed by atoms with E-state index in [0.717, 1.165) is 31.3 Å². The lowest BCUT2D eigenvalue weighted by molar-refractivity contribution is -0.167. The Morgan fingerprint density at radius 1 is 1.31 bits per heavy atom. The first-order valence-corrected chi connectivity index (χ1v) is 9.97. The molecule has 0 bridgehead atoms. The molecular formula is C21H32O5. The third kappa shape index (κ3) is 1.95. The van der Waals surface area contributed by atoms with Crippen molar-refractivity contribution in [3.63, 3.8) is 0 Å². The minimum Gasteiger partial charge on any atom is -0.469 e. The average Bonchev–Trinajstić information content (AvgIpc) is 3.35. The van der Waals surface area contributed by atoms with Crippen LogP contribution in [0.25, 0.3) is 0 Å². The molecule has 0 unspecified atom stereocenters. The smallest absolute Gasteiger partial charge is 0.311 e. The highest BCUT2D eigenvalue weighted by molar-refractivity contribution is 5.77. The summed E-state index contributed by atoms with van der Waals surface area (Å²) < 4.78 is 11.2. The number of hydrogen-bond donors (Lipinski definition) is 2. The molecule has 0 aromatic heterocycles. The molecule has 1 heterocycles. The third-order valence-electron chi connectivity index (χ3n) is 8.28. The maximum Gasteiger partial charge on any atom is 0.311 e. The van der Waals surface area contributed by atoms with E-state index in [1.807, 2.05) is 26.8 Å². The molecule has 3 fully saturated rings. The van der Waals surface area contributed by atoms with Gasteiger partial charge in [-0.3, -0.25) is 4.79 Å². The number of fused-ring (bicyclic) bond motifs is 5. The second-order valence-electron chi connectivity index (χ2n) is 9.73. The fourth-order valence-corrected chi connectivity index (χ4v) is 6.85. The van der Waals surface area contributed by atoms with Gasteiger partial charge in [0.25, 0.3) is 0 Å². The molecule has 5 heteroatoms. The molecule has 0 spiro atoms. The zero-order chi connectivity index (χ0) is 19.1. The van der Waals surface area contributed by atoms with Crippen LogP contribution in [0.5, 0.6) is 0 Å². The SMILES string of the molecule is COC(=O)[C@]1(C)CCC[C@]2(C)C3=C[C@@H](O)[C@@]4(C(C)C)O[C@H]4[C@]3(O)CC[C@@H]12. The molecule has 7 atom stereocenters. The van der Waals surface area contributed by atoms with Crippen LogP contribution >= 0.6 is 0 Å². The molecule has 0 aromatic carbocycles. The number of epoxide rings is 1. The third-order valence-corrected chi connectivity index (χ3v) is 8.28. The largest absolute Gasteiger partial charge is 0.469 e. The first-order valence-electron chi connectivity index (χ1n) is 9.97. The summed E-state index contributed by atoms with van der Waals surface area (Å²) in [6, 6.07) is 0. The van der Waals surface area contributed by atoms with Crippen molar-refractivity contribution in [3.05, 3.63) is 11.6 Å². The van der Waals surface area contributed by atoms with Crippen LogP contribution in [0, 0.1) is 22.7 Å². The monoisotopic (exact) mass is 364 g/mol. The number of carbonyl (C=O) groups is 1. The predicted octanol–water partition coefficient (Wildman–Crippen LogP) is 2.59. The number of rotatable bonds is 2. The predicted molar refractivity (Wildman–Crippen MR) is 96.3 cm³/mol. The summed E-state index contributed by atoms with van der Waals surface area (Å²) in [6.07, 6.45) is 4.74. The molecule has 4 rings (SSSR count). The van der Waals surface area contributed by atoms with Gasteiger partial charge >= 0.3 is 5.97 Å². The van der Waals surface area contributed by atoms with Gasteiger partial charge in [0.2, 0.25) is 0 Å². The Bertz CT molecular complexity index is 671. The highest BCUT2D eigenvalue weighted by Crippen LogP contribution is 2.68. The average molecular weight is 364 g/mol. The van der Waals surface area contributed by atoms with Gasteiger partial charge in [-0.05, 0) is 55.4 Å². The van der Waals surface area contributed by atoms with Crippen molar-refractivity contribution in [1.82, 2.24) is 0 Å². The van der Waals surface area contributed by atoms with Crippen LogP contribution in [0.3, 0.4) is 0 Å². The van der Waals surface area contributed by atoms with Crippen LogP contribution in [0.1, 0.15) is 59.8 Å². The summed E-state index contributed by atoms with van der Waals surface area (Å²) in [6.45, 7) is 8.24. The standard InChI is InChI=1S/C21H32O5/c1-12(2)21-15(22)11-14-18(3)8-6-9-19(4,17(23)25-5)13(18)7-10-20(14,24)16(21)26-21/h11-13,15-16,22,24H,6-10H2,1-5H3/t13-,15-,16+,18+,19-,20+,21-/m1/s1. The van der Waals surface area contributed by atoms with E-state index in [0.29, 0.717) is 6.42 Å². The Labute approximate surface area is 155 Å². The highest BCUT2D eigenvalue weighted by atomic mass is 16.6. The normalized spacial score (nSPS) is 52.5. The molecule has 3 aliphatic carbocycles. The van der Waals surface area contributed by atoms with Gasteiger partial charge in [-0.15, -0.1) is 0 Å². The quantitative estimate of drug-likeness (QED) is 0.447. The van der Waals surface area contributed by atoms with E-state index < -0.39 is 22.7 Å². The molecule has 5 nitrogen and oxygen atoms in total. The van der Waals surface area contributed by atoms with Crippen LogP contribution < -0.4 is 0 Å². The van der Waals surface area contributed by atoms with E-state index in [4.69, 9.17) is 9.47 Å². The molecule has 0 amide bonds. The molecule has 0 aromatic rings. The first-order chi connectivity index (χ1) is 12.1. The van der Waals surface area contributed by atoms with Gasteiger partial charge in [-0.2, -0.15) is 0 Å². The topological polar surface area (TPSA) is 79.3 Å². The minimum atomic E-state index is -1.04. The van der Waals surface area contributed by atoms with Gasteiger partial charge in [-0.1, -0.05) is 33.3 Å². The summed E-state index contributed by atoms with van der Waals surface area (Å²) in [4.78, 5) is 12.6. The molecule has 1 aliphatic heterocycles. The van der Waals surface area contributed by atoms with Crippen LogP contribution in [0.4, 0.5) is 0 Å². The van der Waals surface area contributed by atoms with Crippen molar-refractivity contribution in [2.24, 2.45) is 22.7 Å². The zero-order valence-electron chi connectivity index (χ0n) is 16.5. The number of aliphatic hydroxyl groups excluding tert-OH is 1. The Kier molecular flexibility index (Phi) is 3.78. The maximum absolute atomic E-state index is 12.6. The van der Waals surface area contributed by atoms with Gasteiger partial charge in [0, 0.05) is 0 Å². The lowest BCUT2D eigenvalue weighted by atomic mass is 9.45. The molecule has 2 saturated carbocycles. The van der Waals surface area contributed by atoms with Crippen molar-refractivity contribution in [3.8, 4) is 0 Å². The summed E-state index contributed by atoms with van der Waals surface area (Å²) >= 11 is 0. The van der Waals surface area contributed by atoms with E-state index in [-0.39, 0.29) is 29.3 Å². The van der Waals surface area contributed by atoms with Crippen LogP contribution in [-0.2, 0) is 14.3 Å². The van der Waals surface area contributed by atoms with E-state index >= 15 is 0 Å². The van der Waals surface area contributed by atoms with E-state index in [1.165, 1.54) is 7.11 Å². The maximum atomic E-state index is 12.6. The molecule has 1 saturated heterocycles. The molecule has 0 radical (unpaired) electrons. The second-order valence-corrected chi connectivity index (χ2v) is 9.73. The number of ether oxygens (including phenoxy) is 2. The summed E-state index contributed by atoms with van der Waals surface area (Å²) in [7, 11) is 1.46. The van der Waals surface area contributed by atoms with E-state index in [9.17, 15) is 15.0 Å². The van der Waals surface area contributed by atoms with Crippen molar-refractivity contribution in [1.29, 1.82) is 0 Å². The fraction of sp³-hybridized carbons (Fsp3) is 0.857. The van der Waals surface area contributed by atoms with E-state index in [1.54, 1.807) is 0 Å². The number of aliphatic hydroxyl groups is 2. The van der Waals surface area contributed by atoms with Crippen molar-refractivity contribution in [2.75, 3.05) is 7.11 Å². The summed E-state index contributed by atoms with van der Waals surface area (Å²) in [5.74, 6) is 0.0665. The Morgan fingerprint density at radius 3 is 2.62 bits per heavy atom. The highest BCUT2D eigenvalue weighted by Gasteiger charge is 2.76. The number of carbonyl (C=O) groups excluding carboxylic acids is 1. The van der Waals surface area contributed by atoms with Crippen molar-refractivity contribution < 1.29 is 24.5 Å². The molecule has 146 valence electrons. The lowest BCUT2D eigenvalue weighted by Gasteiger charge is -2.59. The van der Waals surface area contributed by atoms with E-state index in [2.05, 4.69) is 6.92 Å².